The third-order valence-electron chi connectivity index (χ3n) is 5.02. The van der Waals surface area contributed by atoms with Gasteiger partial charge >= 0.3 is 5.97 Å². The third kappa shape index (κ3) is 5.68. The molecule has 1 atom stereocenters. The van der Waals surface area contributed by atoms with Gasteiger partial charge in [0.2, 0.25) is 5.91 Å². The zero-order valence-electron chi connectivity index (χ0n) is 18.3. The number of ether oxygens (including phenoxy) is 2. The van der Waals surface area contributed by atoms with Gasteiger partial charge < -0.3 is 14.8 Å². The second-order valence-electron chi connectivity index (χ2n) is 7.31. The van der Waals surface area contributed by atoms with Crippen LogP contribution in [-0.2, 0) is 20.9 Å². The summed E-state index contributed by atoms with van der Waals surface area (Å²) in [5.41, 5.74) is 4.22. The predicted molar refractivity (Wildman–Crippen MR) is 122 cm³/mol. The topological polar surface area (TPSA) is 82.5 Å². The van der Waals surface area contributed by atoms with Crippen molar-refractivity contribution in [3.8, 4) is 11.4 Å². The minimum Gasteiger partial charge on any atom is -0.485 e. The Labute approximate surface area is 192 Å². The van der Waals surface area contributed by atoms with Gasteiger partial charge in [-0.2, -0.15) is 5.10 Å². The molecule has 0 bridgehead atoms. The molecule has 3 rings (SSSR count). The van der Waals surface area contributed by atoms with Gasteiger partial charge in [0.1, 0.15) is 18.2 Å². The molecule has 0 saturated heterocycles. The molecule has 0 spiro atoms. The van der Waals surface area contributed by atoms with Crippen molar-refractivity contribution in [3.05, 3.63) is 77.1 Å². The maximum atomic E-state index is 11.9. The zero-order chi connectivity index (χ0) is 23.1. The van der Waals surface area contributed by atoms with E-state index in [-0.39, 0.29) is 18.2 Å². The summed E-state index contributed by atoms with van der Waals surface area (Å²) in [5.74, 6) is -0.274. The molecule has 0 fully saturated rings. The highest BCUT2D eigenvalue weighted by molar-refractivity contribution is 6.27. The van der Waals surface area contributed by atoms with Crippen molar-refractivity contribution < 1.29 is 19.1 Å². The Morgan fingerprint density at radius 2 is 1.88 bits per heavy atom. The Morgan fingerprint density at radius 1 is 1.12 bits per heavy atom. The maximum Gasteiger partial charge on any atom is 0.307 e. The van der Waals surface area contributed by atoms with Crippen LogP contribution in [0.15, 0.2) is 54.6 Å². The number of alkyl halides is 1. The van der Waals surface area contributed by atoms with Crippen molar-refractivity contribution in [3.63, 3.8) is 0 Å². The van der Waals surface area contributed by atoms with E-state index in [9.17, 15) is 9.59 Å². The lowest BCUT2D eigenvalue weighted by molar-refractivity contribution is -0.141. The average molecular weight is 456 g/mol. The molecular weight excluding hydrogens is 430 g/mol. The molecule has 3 aromatic rings. The highest BCUT2D eigenvalue weighted by atomic mass is 35.5. The first-order chi connectivity index (χ1) is 15.4. The van der Waals surface area contributed by atoms with Crippen LogP contribution < -0.4 is 10.1 Å². The van der Waals surface area contributed by atoms with Gasteiger partial charge in [-0.3, -0.25) is 9.59 Å². The smallest absolute Gasteiger partial charge is 0.307 e. The molecule has 7 nitrogen and oxygen atoms in total. The van der Waals surface area contributed by atoms with Gasteiger partial charge in [0.15, 0.2) is 5.75 Å². The van der Waals surface area contributed by atoms with Crippen LogP contribution in [0, 0.1) is 13.8 Å². The van der Waals surface area contributed by atoms with Crippen LogP contribution in [0.5, 0.6) is 5.75 Å². The first kappa shape index (κ1) is 23.3. The van der Waals surface area contributed by atoms with E-state index in [0.717, 1.165) is 34.0 Å². The Balaban J connectivity index is 1.87. The highest BCUT2D eigenvalue weighted by Crippen LogP contribution is 2.28. The fourth-order valence-corrected chi connectivity index (χ4v) is 3.50. The second kappa shape index (κ2) is 10.8. The highest BCUT2D eigenvalue weighted by Gasteiger charge is 2.20. The summed E-state index contributed by atoms with van der Waals surface area (Å²) in [6.45, 7) is 4.28. The number of nitrogens with zero attached hydrogens (tertiary/aromatic N) is 2. The molecule has 8 heteroatoms. The molecule has 0 saturated carbocycles. The number of benzene rings is 2. The molecule has 1 amide bonds. The molecule has 1 aromatic heterocycles. The van der Waals surface area contributed by atoms with Gasteiger partial charge in [-0.05, 0) is 37.1 Å². The molecule has 2 aromatic carbocycles. The number of rotatable bonds is 9. The van der Waals surface area contributed by atoms with E-state index in [2.05, 4.69) is 10.4 Å². The summed E-state index contributed by atoms with van der Waals surface area (Å²) < 4.78 is 12.6. The normalized spacial score (nSPS) is 11.6. The maximum absolute atomic E-state index is 11.9. The zero-order valence-corrected chi connectivity index (χ0v) is 19.1. The van der Waals surface area contributed by atoms with E-state index in [4.69, 9.17) is 21.1 Å². The Kier molecular flexibility index (Phi) is 7.89. The fourth-order valence-electron chi connectivity index (χ4n) is 3.43. The van der Waals surface area contributed by atoms with Gasteiger partial charge in [0.25, 0.3) is 0 Å². The third-order valence-corrected chi connectivity index (χ3v) is 5.27. The van der Waals surface area contributed by atoms with E-state index in [0.29, 0.717) is 6.61 Å². The number of halogens is 1. The van der Waals surface area contributed by atoms with Crippen molar-refractivity contribution in [1.82, 2.24) is 15.1 Å². The first-order valence-electron chi connectivity index (χ1n) is 10.2. The lowest BCUT2D eigenvalue weighted by atomic mass is 10.0. The minimum atomic E-state index is -0.570. The van der Waals surface area contributed by atoms with Crippen LogP contribution in [0.2, 0.25) is 0 Å². The second-order valence-corrected chi connectivity index (χ2v) is 7.58. The van der Waals surface area contributed by atoms with Crippen molar-refractivity contribution in [2.75, 3.05) is 13.0 Å². The van der Waals surface area contributed by atoms with E-state index >= 15 is 0 Å². The summed E-state index contributed by atoms with van der Waals surface area (Å²) in [7, 11) is 1.31. The Hall–Kier alpha value is -3.32. The van der Waals surface area contributed by atoms with Gasteiger partial charge in [0, 0.05) is 0 Å². The number of esters is 1. The van der Waals surface area contributed by atoms with Crippen LogP contribution in [0.4, 0.5) is 0 Å². The molecular formula is C24H26ClN3O4. The largest absolute Gasteiger partial charge is 0.485 e. The summed E-state index contributed by atoms with van der Waals surface area (Å²) in [6.07, 6.45) is -0.00879. The van der Waals surface area contributed by atoms with Crippen LogP contribution in [-0.4, -0.2) is 34.6 Å². The SMILES string of the molecule is COC(=O)C[C@H](NC(=O)CCl)c1cccc(-n2nc(C)c(OCc3ccccc3)c2C)c1. The van der Waals surface area contributed by atoms with E-state index in [1.165, 1.54) is 7.11 Å². The number of methoxy groups -OCH3 is 1. The number of carbonyl (C=O) groups is 2. The molecule has 0 unspecified atom stereocenters. The molecule has 168 valence electrons. The summed E-state index contributed by atoms with van der Waals surface area (Å²) >= 11 is 5.64. The van der Waals surface area contributed by atoms with E-state index in [1.54, 1.807) is 4.68 Å². The number of carbonyl (C=O) groups excluding carboxylic acids is 2. The van der Waals surface area contributed by atoms with Crippen molar-refractivity contribution in [2.45, 2.75) is 32.9 Å². The average Bonchev–Trinajstić information content (AvgIpc) is 3.10. The number of amides is 1. The summed E-state index contributed by atoms with van der Waals surface area (Å²) in [6, 6.07) is 16.8. The van der Waals surface area contributed by atoms with Gasteiger partial charge in [0.05, 0.1) is 31.0 Å². The molecule has 32 heavy (non-hydrogen) atoms. The van der Waals surface area contributed by atoms with Crippen LogP contribution in [0.1, 0.15) is 35.0 Å². The van der Waals surface area contributed by atoms with Crippen molar-refractivity contribution in [1.29, 1.82) is 0 Å². The Morgan fingerprint density at radius 3 is 2.56 bits per heavy atom. The number of hydrogen-bond donors (Lipinski definition) is 1. The molecule has 0 aliphatic heterocycles. The summed E-state index contributed by atoms with van der Waals surface area (Å²) in [4.78, 5) is 23.8. The molecule has 0 aliphatic carbocycles. The fraction of sp³-hybridized carbons (Fsp3) is 0.292. The molecule has 0 aliphatic rings. The van der Waals surface area contributed by atoms with Gasteiger partial charge in [-0.1, -0.05) is 42.5 Å². The first-order valence-corrected chi connectivity index (χ1v) is 10.7. The molecule has 1 heterocycles. The van der Waals surface area contributed by atoms with Crippen LogP contribution >= 0.6 is 11.6 Å². The minimum absolute atomic E-state index is 0.00879. The Bertz CT molecular complexity index is 1060. The lowest BCUT2D eigenvalue weighted by Crippen LogP contribution is -2.31. The van der Waals surface area contributed by atoms with E-state index < -0.39 is 12.0 Å². The predicted octanol–water partition coefficient (Wildman–Crippen LogP) is 4.03. The quantitative estimate of drug-likeness (QED) is 0.389. The standard InChI is InChI=1S/C24H26ClN3O4/c1-16-24(32-15-18-8-5-4-6-9-18)17(2)28(27-16)20-11-7-10-19(12-20)21(13-23(30)31-3)26-22(29)14-25/h4-12,21H,13-15H2,1-3H3,(H,26,29)/t21-/m0/s1. The van der Waals surface area contributed by atoms with Crippen LogP contribution in [0.25, 0.3) is 5.69 Å². The van der Waals surface area contributed by atoms with E-state index in [1.807, 2.05) is 68.4 Å². The molecule has 0 radical (unpaired) electrons. The number of nitrogens with one attached hydrogen (secondary N) is 1. The van der Waals surface area contributed by atoms with Crippen molar-refractivity contribution >= 4 is 23.5 Å². The molecule has 1 N–H and O–H groups in total. The monoisotopic (exact) mass is 455 g/mol. The lowest BCUT2D eigenvalue weighted by Gasteiger charge is -2.18. The number of hydrogen-bond acceptors (Lipinski definition) is 5. The summed E-state index contributed by atoms with van der Waals surface area (Å²) in [5, 5.41) is 7.41. The van der Waals surface area contributed by atoms with Crippen LogP contribution in [0.3, 0.4) is 0 Å². The van der Waals surface area contributed by atoms with Gasteiger partial charge in [-0.15, -0.1) is 11.6 Å². The van der Waals surface area contributed by atoms with Crippen molar-refractivity contribution in [2.24, 2.45) is 0 Å². The van der Waals surface area contributed by atoms with Gasteiger partial charge in [-0.25, -0.2) is 4.68 Å². The number of aromatic nitrogens is 2. The number of aryl methyl sites for hydroxylation is 1.